The molecule has 1 heterocycles. The Kier molecular flexibility index (Phi) is 4.74. The van der Waals surface area contributed by atoms with Crippen molar-refractivity contribution in [1.82, 2.24) is 0 Å². The summed E-state index contributed by atoms with van der Waals surface area (Å²) >= 11 is 0. The van der Waals surface area contributed by atoms with Gasteiger partial charge in [0.1, 0.15) is 0 Å². The van der Waals surface area contributed by atoms with Gasteiger partial charge in [-0.2, -0.15) is 0 Å². The van der Waals surface area contributed by atoms with Crippen LogP contribution in [0.15, 0.2) is 30.3 Å². The van der Waals surface area contributed by atoms with Crippen molar-refractivity contribution in [3.63, 3.8) is 0 Å². The van der Waals surface area contributed by atoms with E-state index in [-0.39, 0.29) is 5.91 Å². The summed E-state index contributed by atoms with van der Waals surface area (Å²) in [6.45, 7) is 4.47. The Balaban J connectivity index is 1.74. The maximum Gasteiger partial charge on any atom is 0.338 e. The number of hydrogen-bond donors (Lipinski definition) is 1. The smallest absolute Gasteiger partial charge is 0.338 e. The van der Waals surface area contributed by atoms with Gasteiger partial charge in [-0.05, 0) is 24.5 Å². The van der Waals surface area contributed by atoms with Crippen LogP contribution < -0.4 is 5.32 Å². The highest BCUT2D eigenvalue weighted by atomic mass is 16.6. The van der Waals surface area contributed by atoms with Gasteiger partial charge >= 0.3 is 5.97 Å². The van der Waals surface area contributed by atoms with E-state index >= 15 is 0 Å². The molecule has 0 aliphatic carbocycles. The summed E-state index contributed by atoms with van der Waals surface area (Å²) in [6, 6.07) is 9.05. The van der Waals surface area contributed by atoms with E-state index < -0.39 is 18.2 Å². The van der Waals surface area contributed by atoms with E-state index in [0.29, 0.717) is 18.2 Å². The average Bonchev–Trinajstić information content (AvgIpc) is 3.19. The van der Waals surface area contributed by atoms with Crippen LogP contribution in [0.1, 0.15) is 20.3 Å². The third kappa shape index (κ3) is 4.06. The fraction of sp³-hybridized carbons (Fsp3) is 0.467. The van der Waals surface area contributed by atoms with Crippen LogP contribution in [0.2, 0.25) is 0 Å². The molecule has 0 radical (unpaired) electrons. The molecule has 1 N–H and O–H groups in total. The molecule has 0 spiro atoms. The minimum Gasteiger partial charge on any atom is -0.464 e. The van der Waals surface area contributed by atoms with Crippen LogP contribution in [-0.4, -0.2) is 30.7 Å². The van der Waals surface area contributed by atoms with Gasteiger partial charge in [0.05, 0.1) is 6.61 Å². The molecular formula is C15H19NO4. The second-order valence-corrected chi connectivity index (χ2v) is 5.18. The SMILES string of the molecule is CC(C)CCOC(=O)C1OC1C(=O)Nc1ccccc1. The molecule has 5 nitrogen and oxygen atoms in total. The van der Waals surface area contributed by atoms with Gasteiger partial charge in [-0.3, -0.25) is 4.79 Å². The normalized spacial score (nSPS) is 20.6. The van der Waals surface area contributed by atoms with Crippen molar-refractivity contribution in [2.75, 3.05) is 11.9 Å². The van der Waals surface area contributed by atoms with Gasteiger partial charge in [0.2, 0.25) is 0 Å². The number of ether oxygens (including phenoxy) is 2. The average molecular weight is 277 g/mol. The van der Waals surface area contributed by atoms with E-state index in [4.69, 9.17) is 9.47 Å². The Labute approximate surface area is 118 Å². The lowest BCUT2D eigenvalue weighted by atomic mass is 10.1. The number of anilines is 1. The van der Waals surface area contributed by atoms with Crippen molar-refractivity contribution in [2.24, 2.45) is 5.92 Å². The Hall–Kier alpha value is -1.88. The standard InChI is InChI=1S/C15H19NO4/c1-10(2)8-9-19-15(18)13-12(20-13)14(17)16-11-6-4-3-5-7-11/h3-7,10,12-13H,8-9H2,1-2H3,(H,16,17). The first kappa shape index (κ1) is 14.5. The zero-order valence-electron chi connectivity index (χ0n) is 11.7. The Bertz CT molecular complexity index is 472. The molecule has 2 rings (SSSR count). The second kappa shape index (κ2) is 6.52. The lowest BCUT2D eigenvalue weighted by Crippen LogP contribution is -2.24. The van der Waals surface area contributed by atoms with Gasteiger partial charge in [-0.15, -0.1) is 0 Å². The van der Waals surface area contributed by atoms with Gasteiger partial charge < -0.3 is 14.8 Å². The van der Waals surface area contributed by atoms with Gasteiger partial charge in [-0.1, -0.05) is 32.0 Å². The first-order valence-electron chi connectivity index (χ1n) is 6.76. The van der Waals surface area contributed by atoms with Crippen LogP contribution in [0.3, 0.4) is 0 Å². The van der Waals surface area contributed by atoms with Gasteiger partial charge in [0, 0.05) is 5.69 Å². The zero-order valence-corrected chi connectivity index (χ0v) is 11.7. The Morgan fingerprint density at radius 1 is 1.25 bits per heavy atom. The fourth-order valence-corrected chi connectivity index (χ4v) is 1.70. The van der Waals surface area contributed by atoms with Crippen LogP contribution in [0.25, 0.3) is 0 Å². The quantitative estimate of drug-likeness (QED) is 0.637. The Morgan fingerprint density at radius 3 is 2.60 bits per heavy atom. The molecule has 1 aromatic rings. The van der Waals surface area contributed by atoms with Crippen LogP contribution in [0.5, 0.6) is 0 Å². The van der Waals surface area contributed by atoms with Crippen molar-refractivity contribution in [3.05, 3.63) is 30.3 Å². The number of amides is 1. The molecule has 5 heteroatoms. The molecule has 1 aliphatic rings. The molecule has 1 amide bonds. The largest absolute Gasteiger partial charge is 0.464 e. The fourth-order valence-electron chi connectivity index (χ4n) is 1.70. The minimum atomic E-state index is -0.758. The minimum absolute atomic E-state index is 0.318. The van der Waals surface area contributed by atoms with Crippen molar-refractivity contribution < 1.29 is 19.1 Å². The highest BCUT2D eigenvalue weighted by Crippen LogP contribution is 2.25. The number of epoxide rings is 1. The monoisotopic (exact) mass is 277 g/mol. The van der Waals surface area contributed by atoms with Gasteiger partial charge in [-0.25, -0.2) is 4.79 Å². The molecule has 0 aromatic heterocycles. The first-order valence-corrected chi connectivity index (χ1v) is 6.76. The number of hydrogen-bond acceptors (Lipinski definition) is 4. The summed E-state index contributed by atoms with van der Waals surface area (Å²) in [5.41, 5.74) is 0.680. The van der Waals surface area contributed by atoms with Crippen molar-refractivity contribution in [1.29, 1.82) is 0 Å². The second-order valence-electron chi connectivity index (χ2n) is 5.18. The summed E-state index contributed by atoms with van der Waals surface area (Å²) in [4.78, 5) is 23.5. The van der Waals surface area contributed by atoms with Crippen LogP contribution >= 0.6 is 0 Å². The molecule has 0 bridgehead atoms. The van der Waals surface area contributed by atoms with E-state index in [2.05, 4.69) is 19.2 Å². The van der Waals surface area contributed by atoms with Crippen LogP contribution in [-0.2, 0) is 19.1 Å². The summed E-state index contributed by atoms with van der Waals surface area (Å²) in [7, 11) is 0. The highest BCUT2D eigenvalue weighted by Gasteiger charge is 2.51. The summed E-state index contributed by atoms with van der Waals surface area (Å²) in [5, 5.41) is 2.69. The third-order valence-corrected chi connectivity index (χ3v) is 2.96. The van der Waals surface area contributed by atoms with E-state index in [1.807, 2.05) is 18.2 Å². The van der Waals surface area contributed by atoms with Crippen LogP contribution in [0.4, 0.5) is 5.69 Å². The van der Waals surface area contributed by atoms with Gasteiger partial charge in [0.15, 0.2) is 12.2 Å². The lowest BCUT2D eigenvalue weighted by Gasteiger charge is -2.05. The molecule has 1 aliphatic heterocycles. The molecule has 1 fully saturated rings. The van der Waals surface area contributed by atoms with Crippen molar-refractivity contribution in [3.8, 4) is 0 Å². The molecule has 108 valence electrons. The summed E-state index contributed by atoms with van der Waals surface area (Å²) in [5.74, 6) is -0.305. The number of carbonyl (C=O) groups is 2. The molecule has 2 unspecified atom stereocenters. The maximum atomic E-state index is 11.8. The van der Waals surface area contributed by atoms with E-state index in [1.54, 1.807) is 12.1 Å². The molecule has 1 aromatic carbocycles. The predicted octanol–water partition coefficient (Wildman–Crippen LogP) is 1.98. The topological polar surface area (TPSA) is 67.9 Å². The molecule has 0 saturated carbocycles. The molecule has 20 heavy (non-hydrogen) atoms. The summed E-state index contributed by atoms with van der Waals surface area (Å²) in [6.07, 6.45) is -0.688. The zero-order chi connectivity index (χ0) is 14.5. The Morgan fingerprint density at radius 2 is 1.95 bits per heavy atom. The first-order chi connectivity index (χ1) is 9.58. The van der Waals surface area contributed by atoms with Crippen molar-refractivity contribution in [2.45, 2.75) is 32.5 Å². The maximum absolute atomic E-state index is 11.8. The highest BCUT2D eigenvalue weighted by molar-refractivity contribution is 6.00. The molecular weight excluding hydrogens is 258 g/mol. The number of rotatable bonds is 6. The number of esters is 1. The molecule has 1 saturated heterocycles. The van der Waals surface area contributed by atoms with E-state index in [9.17, 15) is 9.59 Å². The third-order valence-electron chi connectivity index (χ3n) is 2.96. The van der Waals surface area contributed by atoms with Crippen LogP contribution in [0, 0.1) is 5.92 Å². The lowest BCUT2D eigenvalue weighted by molar-refractivity contribution is -0.145. The molecule has 2 atom stereocenters. The number of nitrogens with one attached hydrogen (secondary N) is 1. The predicted molar refractivity (Wildman–Crippen MR) is 74.1 cm³/mol. The van der Waals surface area contributed by atoms with E-state index in [1.165, 1.54) is 0 Å². The van der Waals surface area contributed by atoms with E-state index in [0.717, 1.165) is 6.42 Å². The van der Waals surface area contributed by atoms with Crippen molar-refractivity contribution >= 4 is 17.6 Å². The number of benzene rings is 1. The number of carbonyl (C=O) groups excluding carboxylic acids is 2. The summed E-state index contributed by atoms with van der Waals surface area (Å²) < 4.78 is 10.1. The van der Waals surface area contributed by atoms with Gasteiger partial charge in [0.25, 0.3) is 5.91 Å². The number of para-hydroxylation sites is 1.